The summed E-state index contributed by atoms with van der Waals surface area (Å²) in [4.78, 5) is 2.08. The maximum absolute atomic E-state index is 8.89. The highest BCUT2D eigenvalue weighted by atomic mass is 15.1. The van der Waals surface area contributed by atoms with Gasteiger partial charge in [-0.2, -0.15) is 5.26 Å². The maximum atomic E-state index is 8.89. The molecule has 0 aliphatic rings. The van der Waals surface area contributed by atoms with Gasteiger partial charge in [0.25, 0.3) is 0 Å². The van der Waals surface area contributed by atoms with E-state index in [1.165, 1.54) is 5.56 Å². The first kappa shape index (κ1) is 11.2. The third-order valence-corrected chi connectivity index (χ3v) is 2.75. The minimum Gasteiger partial charge on any atom is -0.345 e. The lowest BCUT2D eigenvalue weighted by atomic mass is 10.1. The van der Waals surface area contributed by atoms with Crippen molar-refractivity contribution in [2.45, 2.75) is 6.92 Å². The van der Waals surface area contributed by atoms with E-state index in [0.717, 1.165) is 11.4 Å². The van der Waals surface area contributed by atoms with Gasteiger partial charge >= 0.3 is 0 Å². The number of nitriles is 1. The molecule has 84 valence electrons. The Hall–Kier alpha value is -2.27. The van der Waals surface area contributed by atoms with Crippen LogP contribution in [0.1, 0.15) is 11.1 Å². The fourth-order valence-corrected chi connectivity index (χ4v) is 1.77. The zero-order valence-corrected chi connectivity index (χ0v) is 10.0. The van der Waals surface area contributed by atoms with Crippen LogP contribution < -0.4 is 4.90 Å². The van der Waals surface area contributed by atoms with Gasteiger partial charge in [-0.05, 0) is 42.8 Å². The Morgan fingerprint density at radius 1 is 1.00 bits per heavy atom. The predicted octanol–water partition coefficient (Wildman–Crippen LogP) is 3.63. The summed E-state index contributed by atoms with van der Waals surface area (Å²) in [6.07, 6.45) is 0. The van der Waals surface area contributed by atoms with Gasteiger partial charge in [-0.25, -0.2) is 0 Å². The molecule has 0 amide bonds. The minimum atomic E-state index is 0.682. The van der Waals surface area contributed by atoms with Gasteiger partial charge in [0, 0.05) is 18.4 Å². The summed E-state index contributed by atoms with van der Waals surface area (Å²) < 4.78 is 0. The van der Waals surface area contributed by atoms with Gasteiger partial charge in [0.05, 0.1) is 11.6 Å². The largest absolute Gasteiger partial charge is 0.345 e. The average molecular weight is 222 g/mol. The van der Waals surface area contributed by atoms with Crippen LogP contribution >= 0.6 is 0 Å². The molecule has 0 saturated heterocycles. The molecule has 0 bridgehead atoms. The van der Waals surface area contributed by atoms with Gasteiger partial charge < -0.3 is 4.90 Å². The van der Waals surface area contributed by atoms with Gasteiger partial charge in [-0.1, -0.05) is 18.2 Å². The molecule has 2 heteroatoms. The van der Waals surface area contributed by atoms with E-state index in [0.29, 0.717) is 5.56 Å². The fourth-order valence-electron chi connectivity index (χ4n) is 1.77. The molecular weight excluding hydrogens is 208 g/mol. The number of hydrogen-bond acceptors (Lipinski definition) is 2. The molecule has 0 aromatic heterocycles. The molecule has 0 unspecified atom stereocenters. The summed E-state index contributed by atoms with van der Waals surface area (Å²) >= 11 is 0. The quantitative estimate of drug-likeness (QED) is 0.775. The summed E-state index contributed by atoms with van der Waals surface area (Å²) in [7, 11) is 2.01. The number of benzene rings is 2. The highest BCUT2D eigenvalue weighted by Gasteiger charge is 2.04. The molecular formula is C15H14N2. The Balaban J connectivity index is 2.37. The smallest absolute Gasteiger partial charge is 0.0992 e. The zero-order chi connectivity index (χ0) is 12.3. The topological polar surface area (TPSA) is 27.0 Å². The Morgan fingerprint density at radius 2 is 1.65 bits per heavy atom. The van der Waals surface area contributed by atoms with Crippen LogP contribution in [0.15, 0.2) is 48.5 Å². The van der Waals surface area contributed by atoms with Crippen molar-refractivity contribution < 1.29 is 0 Å². The van der Waals surface area contributed by atoms with Crippen LogP contribution in [0.4, 0.5) is 11.4 Å². The lowest BCUT2D eigenvalue weighted by Crippen LogP contribution is -2.09. The molecule has 0 atom stereocenters. The van der Waals surface area contributed by atoms with Crippen LogP contribution in [0.3, 0.4) is 0 Å². The molecule has 17 heavy (non-hydrogen) atoms. The van der Waals surface area contributed by atoms with Crippen molar-refractivity contribution in [3.63, 3.8) is 0 Å². The number of nitrogens with zero attached hydrogens (tertiary/aromatic N) is 2. The molecule has 2 rings (SSSR count). The minimum absolute atomic E-state index is 0.682. The first-order chi connectivity index (χ1) is 8.20. The molecule has 0 fully saturated rings. The van der Waals surface area contributed by atoms with Gasteiger partial charge in [0.1, 0.15) is 0 Å². The van der Waals surface area contributed by atoms with Gasteiger partial charge in [0.2, 0.25) is 0 Å². The Kier molecular flexibility index (Phi) is 3.11. The number of hydrogen-bond donors (Lipinski definition) is 0. The molecule has 2 aromatic carbocycles. The fraction of sp³-hybridized carbons (Fsp3) is 0.133. The summed E-state index contributed by atoms with van der Waals surface area (Å²) in [6.45, 7) is 2.07. The van der Waals surface area contributed by atoms with E-state index in [2.05, 4.69) is 36.1 Å². The van der Waals surface area contributed by atoms with Crippen molar-refractivity contribution in [2.75, 3.05) is 11.9 Å². The lowest BCUT2D eigenvalue weighted by molar-refractivity contribution is 1.20. The Morgan fingerprint density at radius 3 is 2.29 bits per heavy atom. The second kappa shape index (κ2) is 4.71. The van der Waals surface area contributed by atoms with Crippen LogP contribution in [-0.2, 0) is 0 Å². The SMILES string of the molecule is Cc1cccc(N(C)c2cccc(C#N)c2)c1. The highest BCUT2D eigenvalue weighted by Crippen LogP contribution is 2.24. The third-order valence-electron chi connectivity index (χ3n) is 2.75. The van der Waals surface area contributed by atoms with Crippen molar-refractivity contribution >= 4 is 11.4 Å². The van der Waals surface area contributed by atoms with Crippen molar-refractivity contribution in [2.24, 2.45) is 0 Å². The Bertz CT molecular complexity index is 567. The average Bonchev–Trinajstić information content (AvgIpc) is 2.38. The summed E-state index contributed by atoms with van der Waals surface area (Å²) in [6, 6.07) is 18.1. The molecule has 0 aliphatic carbocycles. The van der Waals surface area contributed by atoms with E-state index < -0.39 is 0 Å². The van der Waals surface area contributed by atoms with E-state index >= 15 is 0 Å². The monoisotopic (exact) mass is 222 g/mol. The molecule has 0 aliphatic heterocycles. The van der Waals surface area contributed by atoms with Crippen molar-refractivity contribution in [1.82, 2.24) is 0 Å². The highest BCUT2D eigenvalue weighted by molar-refractivity contribution is 5.64. The molecule has 0 saturated carbocycles. The van der Waals surface area contributed by atoms with Crippen molar-refractivity contribution in [1.29, 1.82) is 5.26 Å². The molecule has 0 N–H and O–H groups in total. The van der Waals surface area contributed by atoms with E-state index in [1.54, 1.807) is 0 Å². The predicted molar refractivity (Wildman–Crippen MR) is 70.4 cm³/mol. The van der Waals surface area contributed by atoms with Gasteiger partial charge in [0.15, 0.2) is 0 Å². The van der Waals surface area contributed by atoms with E-state index in [1.807, 2.05) is 37.4 Å². The lowest BCUT2D eigenvalue weighted by Gasteiger charge is -2.20. The van der Waals surface area contributed by atoms with Crippen LogP contribution in [0.5, 0.6) is 0 Å². The van der Waals surface area contributed by atoms with Gasteiger partial charge in [-0.3, -0.25) is 0 Å². The number of aryl methyl sites for hydroxylation is 1. The number of rotatable bonds is 2. The second-order valence-electron chi connectivity index (χ2n) is 4.06. The first-order valence-corrected chi connectivity index (χ1v) is 5.51. The standard InChI is InChI=1S/C15H14N2/c1-12-5-3-7-14(9-12)17(2)15-8-4-6-13(10-15)11-16/h3-10H,1-2H3. The zero-order valence-electron chi connectivity index (χ0n) is 10.0. The van der Waals surface area contributed by atoms with E-state index in [9.17, 15) is 0 Å². The first-order valence-electron chi connectivity index (χ1n) is 5.51. The van der Waals surface area contributed by atoms with Crippen LogP contribution in [-0.4, -0.2) is 7.05 Å². The second-order valence-corrected chi connectivity index (χ2v) is 4.06. The van der Waals surface area contributed by atoms with Crippen LogP contribution in [0.2, 0.25) is 0 Å². The third kappa shape index (κ3) is 2.46. The summed E-state index contributed by atoms with van der Waals surface area (Å²) in [5.74, 6) is 0. The molecule has 0 radical (unpaired) electrons. The molecule has 2 aromatic rings. The normalized spacial score (nSPS) is 9.71. The van der Waals surface area contributed by atoms with E-state index in [4.69, 9.17) is 5.26 Å². The van der Waals surface area contributed by atoms with Crippen molar-refractivity contribution in [3.8, 4) is 6.07 Å². The van der Waals surface area contributed by atoms with E-state index in [-0.39, 0.29) is 0 Å². The van der Waals surface area contributed by atoms with Crippen LogP contribution in [0, 0.1) is 18.3 Å². The molecule has 0 heterocycles. The van der Waals surface area contributed by atoms with Crippen molar-refractivity contribution in [3.05, 3.63) is 59.7 Å². The van der Waals surface area contributed by atoms with Gasteiger partial charge in [-0.15, -0.1) is 0 Å². The molecule has 0 spiro atoms. The summed E-state index contributed by atoms with van der Waals surface area (Å²) in [5.41, 5.74) is 4.06. The maximum Gasteiger partial charge on any atom is 0.0992 e. The summed E-state index contributed by atoms with van der Waals surface area (Å²) in [5, 5.41) is 8.89. The number of anilines is 2. The van der Waals surface area contributed by atoms with Crippen LogP contribution in [0.25, 0.3) is 0 Å². The Labute approximate surface area is 102 Å². The molecule has 2 nitrogen and oxygen atoms in total.